The molecule has 0 radical (unpaired) electrons. The fourth-order valence-corrected chi connectivity index (χ4v) is 4.22. The van der Waals surface area contributed by atoms with Crippen molar-refractivity contribution in [3.8, 4) is 5.75 Å². The van der Waals surface area contributed by atoms with Crippen molar-refractivity contribution in [1.82, 2.24) is 10.2 Å². The van der Waals surface area contributed by atoms with Gasteiger partial charge >= 0.3 is 0 Å². The first kappa shape index (κ1) is 22.7. The number of halogens is 3. The van der Waals surface area contributed by atoms with Gasteiger partial charge in [-0.2, -0.15) is 0 Å². The second kappa shape index (κ2) is 9.88. The third kappa shape index (κ3) is 4.52. The standard InChI is InChI=1S/C21H22Cl2N4O2.ClH/c1-29-19-7-4-13(9-18(19)23)11-24-20-17-10-14(22)5-6-16(17)21(26-25-20)27-8-2-3-15(27)12-28;/h4-7,9-10,15,28H,2-3,8,11-12H2,1H3,(H,24,25);1H/t15-;/m1./s1. The molecule has 6 nitrogen and oxygen atoms in total. The highest BCUT2D eigenvalue weighted by molar-refractivity contribution is 6.32. The summed E-state index contributed by atoms with van der Waals surface area (Å²) >= 11 is 12.5. The zero-order valence-corrected chi connectivity index (χ0v) is 18.8. The average molecular weight is 470 g/mol. The van der Waals surface area contributed by atoms with Gasteiger partial charge in [-0.15, -0.1) is 22.6 Å². The molecule has 0 saturated carbocycles. The fraction of sp³-hybridized carbons (Fsp3) is 0.333. The van der Waals surface area contributed by atoms with Crippen molar-refractivity contribution in [2.45, 2.75) is 25.4 Å². The topological polar surface area (TPSA) is 70.5 Å². The number of methoxy groups -OCH3 is 1. The first-order valence-electron chi connectivity index (χ1n) is 9.50. The smallest absolute Gasteiger partial charge is 0.159 e. The summed E-state index contributed by atoms with van der Waals surface area (Å²) in [6, 6.07) is 11.4. The van der Waals surface area contributed by atoms with E-state index < -0.39 is 0 Å². The molecule has 1 aliphatic heterocycles. The molecule has 0 unspecified atom stereocenters. The number of aliphatic hydroxyl groups excluding tert-OH is 1. The van der Waals surface area contributed by atoms with Crippen LogP contribution in [-0.2, 0) is 6.54 Å². The largest absolute Gasteiger partial charge is 0.495 e. The molecule has 1 saturated heterocycles. The molecule has 4 rings (SSSR count). The average Bonchev–Trinajstić information content (AvgIpc) is 3.20. The lowest BCUT2D eigenvalue weighted by atomic mass is 10.1. The minimum Gasteiger partial charge on any atom is -0.495 e. The van der Waals surface area contributed by atoms with Crippen molar-refractivity contribution in [1.29, 1.82) is 0 Å². The highest BCUT2D eigenvalue weighted by Crippen LogP contribution is 2.34. The maximum atomic E-state index is 9.70. The van der Waals surface area contributed by atoms with Crippen molar-refractivity contribution in [2.75, 3.05) is 30.5 Å². The van der Waals surface area contributed by atoms with E-state index in [0.717, 1.165) is 41.5 Å². The lowest BCUT2D eigenvalue weighted by Gasteiger charge is -2.25. The van der Waals surface area contributed by atoms with Gasteiger partial charge in [-0.25, -0.2) is 0 Å². The Balaban J connectivity index is 0.00000256. The summed E-state index contributed by atoms with van der Waals surface area (Å²) < 4.78 is 5.20. The zero-order chi connectivity index (χ0) is 20.4. The number of ether oxygens (including phenoxy) is 1. The Morgan fingerprint density at radius 2 is 2.00 bits per heavy atom. The zero-order valence-electron chi connectivity index (χ0n) is 16.4. The van der Waals surface area contributed by atoms with Gasteiger partial charge in [0.15, 0.2) is 11.6 Å². The summed E-state index contributed by atoms with van der Waals surface area (Å²) in [5.74, 6) is 2.07. The molecule has 2 heterocycles. The van der Waals surface area contributed by atoms with Gasteiger partial charge < -0.3 is 20.1 Å². The van der Waals surface area contributed by atoms with E-state index in [4.69, 9.17) is 27.9 Å². The molecule has 1 atom stereocenters. The van der Waals surface area contributed by atoms with Crippen molar-refractivity contribution >= 4 is 58.0 Å². The number of fused-ring (bicyclic) bond motifs is 1. The van der Waals surface area contributed by atoms with Crippen LogP contribution in [0, 0.1) is 0 Å². The third-order valence-corrected chi connectivity index (χ3v) is 5.79. The molecule has 9 heteroatoms. The Morgan fingerprint density at radius 3 is 2.73 bits per heavy atom. The van der Waals surface area contributed by atoms with Crippen LogP contribution in [0.3, 0.4) is 0 Å². The van der Waals surface area contributed by atoms with Crippen LogP contribution in [-0.4, -0.2) is 41.6 Å². The van der Waals surface area contributed by atoms with E-state index in [2.05, 4.69) is 20.4 Å². The molecule has 0 bridgehead atoms. The highest BCUT2D eigenvalue weighted by Gasteiger charge is 2.27. The van der Waals surface area contributed by atoms with E-state index in [-0.39, 0.29) is 25.1 Å². The lowest BCUT2D eigenvalue weighted by molar-refractivity contribution is 0.266. The van der Waals surface area contributed by atoms with Crippen LogP contribution in [0.1, 0.15) is 18.4 Å². The molecule has 2 N–H and O–H groups in total. The van der Waals surface area contributed by atoms with Crippen LogP contribution in [0.25, 0.3) is 10.8 Å². The number of hydrogen-bond donors (Lipinski definition) is 2. The number of nitrogens with one attached hydrogen (secondary N) is 1. The van der Waals surface area contributed by atoms with Crippen LogP contribution in [0.5, 0.6) is 5.75 Å². The molecule has 1 aliphatic rings. The summed E-state index contributed by atoms with van der Waals surface area (Å²) in [7, 11) is 1.59. The molecule has 0 amide bonds. The van der Waals surface area contributed by atoms with Gasteiger partial charge in [-0.3, -0.25) is 0 Å². The van der Waals surface area contributed by atoms with Gasteiger partial charge in [0.25, 0.3) is 0 Å². The molecule has 1 fully saturated rings. The fourth-order valence-electron chi connectivity index (χ4n) is 3.77. The maximum Gasteiger partial charge on any atom is 0.159 e. The van der Waals surface area contributed by atoms with E-state index >= 15 is 0 Å². The van der Waals surface area contributed by atoms with Gasteiger partial charge in [-0.05, 0) is 48.7 Å². The number of aliphatic hydroxyl groups is 1. The monoisotopic (exact) mass is 468 g/mol. The van der Waals surface area contributed by atoms with E-state index in [0.29, 0.717) is 28.2 Å². The van der Waals surface area contributed by atoms with Crippen molar-refractivity contribution in [3.63, 3.8) is 0 Å². The summed E-state index contributed by atoms with van der Waals surface area (Å²) in [4.78, 5) is 2.14. The molecular weight excluding hydrogens is 447 g/mol. The number of nitrogens with zero attached hydrogens (tertiary/aromatic N) is 3. The number of hydrogen-bond acceptors (Lipinski definition) is 6. The molecular formula is C21H23Cl3N4O2. The Labute approximate surface area is 191 Å². The lowest BCUT2D eigenvalue weighted by Crippen LogP contribution is -2.33. The van der Waals surface area contributed by atoms with Crippen LogP contribution in [0.2, 0.25) is 10.0 Å². The van der Waals surface area contributed by atoms with E-state index in [9.17, 15) is 5.11 Å². The summed E-state index contributed by atoms with van der Waals surface area (Å²) in [5.41, 5.74) is 0.997. The second-order valence-corrected chi connectivity index (χ2v) is 7.90. The number of aromatic nitrogens is 2. The van der Waals surface area contributed by atoms with Gasteiger partial charge in [0, 0.05) is 28.9 Å². The summed E-state index contributed by atoms with van der Waals surface area (Å²) in [6.07, 6.45) is 1.98. The SMILES string of the molecule is COc1ccc(CNc2nnc(N3CCC[C@@H]3CO)c3ccc(Cl)cc23)cc1Cl.Cl. The molecule has 1 aromatic heterocycles. The number of benzene rings is 2. The minimum atomic E-state index is 0. The first-order chi connectivity index (χ1) is 14.1. The molecule has 160 valence electrons. The van der Waals surface area contributed by atoms with Crippen LogP contribution >= 0.6 is 35.6 Å². The van der Waals surface area contributed by atoms with E-state index in [1.165, 1.54) is 0 Å². The highest BCUT2D eigenvalue weighted by atomic mass is 35.5. The Bertz CT molecular complexity index is 1030. The summed E-state index contributed by atoms with van der Waals surface area (Å²) in [5, 5.41) is 25.0. The van der Waals surface area contributed by atoms with Crippen LogP contribution < -0.4 is 15.0 Å². The number of anilines is 2. The van der Waals surface area contributed by atoms with Gasteiger partial charge in [0.05, 0.1) is 24.8 Å². The van der Waals surface area contributed by atoms with E-state index in [1.807, 2.05) is 36.4 Å². The predicted molar refractivity (Wildman–Crippen MR) is 125 cm³/mol. The van der Waals surface area contributed by atoms with E-state index in [1.54, 1.807) is 7.11 Å². The normalized spacial score (nSPS) is 15.9. The maximum absolute atomic E-state index is 9.70. The Kier molecular flexibility index (Phi) is 7.47. The van der Waals surface area contributed by atoms with Crippen molar-refractivity contribution in [2.24, 2.45) is 0 Å². The molecule has 0 aliphatic carbocycles. The Morgan fingerprint density at radius 1 is 1.17 bits per heavy atom. The van der Waals surface area contributed by atoms with Crippen LogP contribution in [0.4, 0.5) is 11.6 Å². The minimum absolute atomic E-state index is 0. The first-order valence-corrected chi connectivity index (χ1v) is 10.3. The predicted octanol–water partition coefficient (Wildman–Crippen LogP) is 4.94. The molecule has 3 aromatic rings. The quantitative estimate of drug-likeness (QED) is 0.533. The molecule has 0 spiro atoms. The van der Waals surface area contributed by atoms with Gasteiger partial charge in [0.2, 0.25) is 0 Å². The molecule has 30 heavy (non-hydrogen) atoms. The van der Waals surface area contributed by atoms with Crippen molar-refractivity contribution in [3.05, 3.63) is 52.0 Å². The van der Waals surface area contributed by atoms with Gasteiger partial charge in [-0.1, -0.05) is 29.3 Å². The molecule has 2 aromatic carbocycles. The Hall–Kier alpha value is -1.99. The third-order valence-electron chi connectivity index (χ3n) is 5.26. The summed E-state index contributed by atoms with van der Waals surface area (Å²) in [6.45, 7) is 1.49. The second-order valence-electron chi connectivity index (χ2n) is 7.06. The number of rotatable bonds is 6. The van der Waals surface area contributed by atoms with Crippen molar-refractivity contribution < 1.29 is 9.84 Å². The van der Waals surface area contributed by atoms with Crippen LogP contribution in [0.15, 0.2) is 36.4 Å². The van der Waals surface area contributed by atoms with Gasteiger partial charge in [0.1, 0.15) is 5.75 Å².